The SMILES string of the molecule is CC1(C)CCN(Cc2c[nH]c3ncnc(Nc4cccc(Br)c4)c23)CC1. The van der Waals surface area contributed by atoms with E-state index in [4.69, 9.17) is 0 Å². The lowest BCUT2D eigenvalue weighted by atomic mass is 9.82. The summed E-state index contributed by atoms with van der Waals surface area (Å²) in [5, 5.41) is 4.53. The van der Waals surface area contributed by atoms with Crippen molar-refractivity contribution in [2.24, 2.45) is 5.41 Å². The first-order valence-electron chi connectivity index (χ1n) is 9.06. The molecule has 0 saturated carbocycles. The van der Waals surface area contributed by atoms with Crippen molar-refractivity contribution in [1.82, 2.24) is 19.9 Å². The Balaban J connectivity index is 1.60. The monoisotopic (exact) mass is 413 g/mol. The van der Waals surface area contributed by atoms with Gasteiger partial charge in [-0.1, -0.05) is 35.8 Å². The van der Waals surface area contributed by atoms with Crippen LogP contribution in [-0.2, 0) is 6.54 Å². The first kappa shape index (κ1) is 17.5. The second kappa shape index (κ2) is 7.00. The minimum Gasteiger partial charge on any atom is -0.346 e. The molecule has 0 aliphatic carbocycles. The van der Waals surface area contributed by atoms with Gasteiger partial charge in [0.25, 0.3) is 0 Å². The molecule has 26 heavy (non-hydrogen) atoms. The molecule has 1 aliphatic heterocycles. The van der Waals surface area contributed by atoms with Crippen molar-refractivity contribution >= 4 is 38.5 Å². The van der Waals surface area contributed by atoms with Crippen LogP contribution in [0.5, 0.6) is 0 Å². The van der Waals surface area contributed by atoms with Crippen molar-refractivity contribution in [3.8, 4) is 0 Å². The number of halogens is 1. The number of H-pyrrole nitrogens is 1. The van der Waals surface area contributed by atoms with E-state index in [0.717, 1.165) is 46.6 Å². The van der Waals surface area contributed by atoms with Crippen LogP contribution in [0.1, 0.15) is 32.3 Å². The molecule has 0 amide bonds. The molecule has 0 spiro atoms. The summed E-state index contributed by atoms with van der Waals surface area (Å²) in [7, 11) is 0. The van der Waals surface area contributed by atoms with Crippen LogP contribution in [0.15, 0.2) is 41.3 Å². The minimum absolute atomic E-state index is 0.466. The number of aromatic nitrogens is 3. The molecule has 3 heterocycles. The van der Waals surface area contributed by atoms with Crippen LogP contribution in [0.3, 0.4) is 0 Å². The molecule has 3 aromatic rings. The number of nitrogens with zero attached hydrogens (tertiary/aromatic N) is 3. The summed E-state index contributed by atoms with van der Waals surface area (Å²) in [4.78, 5) is 14.7. The van der Waals surface area contributed by atoms with E-state index in [2.05, 4.69) is 61.1 Å². The highest BCUT2D eigenvalue weighted by Gasteiger charge is 2.26. The number of benzene rings is 1. The molecular formula is C20H24BrN5. The van der Waals surface area contributed by atoms with Gasteiger partial charge in [-0.3, -0.25) is 4.90 Å². The molecule has 0 bridgehead atoms. The summed E-state index contributed by atoms with van der Waals surface area (Å²) in [6.07, 6.45) is 6.17. The largest absolute Gasteiger partial charge is 0.346 e. The van der Waals surface area contributed by atoms with Crippen molar-refractivity contribution in [3.63, 3.8) is 0 Å². The number of likely N-dealkylation sites (tertiary alicyclic amines) is 1. The fourth-order valence-electron chi connectivity index (χ4n) is 3.51. The predicted molar refractivity (Wildman–Crippen MR) is 110 cm³/mol. The summed E-state index contributed by atoms with van der Waals surface area (Å²) in [5.74, 6) is 0.849. The number of hydrogen-bond acceptors (Lipinski definition) is 4. The Bertz CT molecular complexity index is 907. The predicted octanol–water partition coefficient (Wildman–Crippen LogP) is 5.09. The van der Waals surface area contributed by atoms with E-state index in [9.17, 15) is 0 Å². The van der Waals surface area contributed by atoms with Gasteiger partial charge >= 0.3 is 0 Å². The van der Waals surface area contributed by atoms with Crippen LogP contribution in [0, 0.1) is 5.41 Å². The first-order valence-corrected chi connectivity index (χ1v) is 9.85. The van der Waals surface area contributed by atoms with Gasteiger partial charge in [0.1, 0.15) is 17.8 Å². The highest BCUT2D eigenvalue weighted by atomic mass is 79.9. The first-order chi connectivity index (χ1) is 12.5. The maximum Gasteiger partial charge on any atom is 0.143 e. The zero-order valence-corrected chi connectivity index (χ0v) is 16.8. The van der Waals surface area contributed by atoms with E-state index >= 15 is 0 Å². The Labute approximate surface area is 162 Å². The van der Waals surface area contributed by atoms with E-state index in [1.165, 1.54) is 18.4 Å². The lowest BCUT2D eigenvalue weighted by Gasteiger charge is -2.36. The fraction of sp³-hybridized carbons (Fsp3) is 0.400. The zero-order chi connectivity index (χ0) is 18.1. The molecule has 1 aliphatic rings. The molecule has 0 radical (unpaired) electrons. The second-order valence-electron chi connectivity index (χ2n) is 7.84. The topological polar surface area (TPSA) is 56.8 Å². The van der Waals surface area contributed by atoms with Crippen LogP contribution in [-0.4, -0.2) is 32.9 Å². The number of hydrogen-bond donors (Lipinski definition) is 2. The third kappa shape index (κ3) is 3.76. The summed E-state index contributed by atoms with van der Waals surface area (Å²) >= 11 is 3.52. The van der Waals surface area contributed by atoms with Gasteiger partial charge in [-0.15, -0.1) is 0 Å². The minimum atomic E-state index is 0.466. The highest BCUT2D eigenvalue weighted by molar-refractivity contribution is 9.10. The molecule has 1 saturated heterocycles. The Hall–Kier alpha value is -1.92. The molecule has 0 unspecified atom stereocenters. The number of fused-ring (bicyclic) bond motifs is 1. The van der Waals surface area contributed by atoms with E-state index in [-0.39, 0.29) is 0 Å². The average Bonchev–Trinajstić information content (AvgIpc) is 3.01. The smallest absolute Gasteiger partial charge is 0.143 e. The molecule has 4 rings (SSSR count). The maximum absolute atomic E-state index is 4.50. The van der Waals surface area contributed by atoms with Gasteiger partial charge < -0.3 is 10.3 Å². The van der Waals surface area contributed by atoms with Crippen molar-refractivity contribution in [2.75, 3.05) is 18.4 Å². The number of rotatable bonds is 4. The Morgan fingerprint density at radius 2 is 2.04 bits per heavy atom. The molecule has 0 atom stereocenters. The lowest BCUT2D eigenvalue weighted by Crippen LogP contribution is -2.36. The Morgan fingerprint density at radius 1 is 1.23 bits per heavy atom. The van der Waals surface area contributed by atoms with Gasteiger partial charge in [-0.05, 0) is 55.1 Å². The Morgan fingerprint density at radius 3 is 2.81 bits per heavy atom. The van der Waals surface area contributed by atoms with E-state index < -0.39 is 0 Å². The summed E-state index contributed by atoms with van der Waals surface area (Å²) < 4.78 is 1.04. The quantitative estimate of drug-likeness (QED) is 0.625. The van der Waals surface area contributed by atoms with Crippen LogP contribution < -0.4 is 5.32 Å². The Kier molecular flexibility index (Phi) is 4.71. The normalized spacial score (nSPS) is 17.5. The third-order valence-corrected chi connectivity index (χ3v) is 5.74. The van der Waals surface area contributed by atoms with Crippen LogP contribution in [0.25, 0.3) is 11.0 Å². The molecule has 1 fully saturated rings. The van der Waals surface area contributed by atoms with Crippen molar-refractivity contribution in [3.05, 3.63) is 46.8 Å². The maximum atomic E-state index is 4.50. The van der Waals surface area contributed by atoms with Crippen LogP contribution >= 0.6 is 15.9 Å². The number of nitrogens with one attached hydrogen (secondary N) is 2. The number of anilines is 2. The summed E-state index contributed by atoms with van der Waals surface area (Å²) in [6, 6.07) is 8.11. The van der Waals surface area contributed by atoms with Crippen molar-refractivity contribution in [1.29, 1.82) is 0 Å². The molecule has 5 nitrogen and oxygen atoms in total. The molecule has 1 aromatic carbocycles. The number of piperidine rings is 1. The average molecular weight is 414 g/mol. The van der Waals surface area contributed by atoms with Crippen molar-refractivity contribution in [2.45, 2.75) is 33.2 Å². The summed E-state index contributed by atoms with van der Waals surface area (Å²) in [6.45, 7) is 7.94. The molecule has 2 N–H and O–H groups in total. The van der Waals surface area contributed by atoms with Gasteiger partial charge in [0, 0.05) is 22.9 Å². The third-order valence-electron chi connectivity index (χ3n) is 5.24. The van der Waals surface area contributed by atoms with E-state index in [1.807, 2.05) is 24.3 Å². The second-order valence-corrected chi connectivity index (χ2v) is 8.75. The van der Waals surface area contributed by atoms with E-state index in [1.54, 1.807) is 6.33 Å². The van der Waals surface area contributed by atoms with E-state index in [0.29, 0.717) is 5.41 Å². The number of aromatic amines is 1. The highest BCUT2D eigenvalue weighted by Crippen LogP contribution is 2.32. The lowest BCUT2D eigenvalue weighted by molar-refractivity contribution is 0.127. The van der Waals surface area contributed by atoms with Gasteiger partial charge in [0.2, 0.25) is 0 Å². The standard InChI is InChI=1S/C20H24BrN5/c1-20(2)6-8-26(9-7-20)12-14-11-22-18-17(14)19(24-13-23-18)25-16-5-3-4-15(21)10-16/h3-5,10-11,13H,6-9,12H2,1-2H3,(H2,22,23,24,25). The fourth-order valence-corrected chi connectivity index (χ4v) is 3.91. The van der Waals surface area contributed by atoms with Gasteiger partial charge in [0.05, 0.1) is 5.39 Å². The van der Waals surface area contributed by atoms with Gasteiger partial charge in [-0.2, -0.15) is 0 Å². The van der Waals surface area contributed by atoms with Gasteiger partial charge in [-0.25, -0.2) is 9.97 Å². The zero-order valence-electron chi connectivity index (χ0n) is 15.2. The molecule has 6 heteroatoms. The summed E-state index contributed by atoms with van der Waals surface area (Å²) in [5.41, 5.74) is 3.60. The van der Waals surface area contributed by atoms with Crippen LogP contribution in [0.4, 0.5) is 11.5 Å². The van der Waals surface area contributed by atoms with Crippen molar-refractivity contribution < 1.29 is 0 Å². The van der Waals surface area contributed by atoms with Crippen LogP contribution in [0.2, 0.25) is 0 Å². The molecule has 136 valence electrons. The van der Waals surface area contributed by atoms with Gasteiger partial charge in [0.15, 0.2) is 0 Å². The molecular weight excluding hydrogens is 390 g/mol. The molecule has 2 aromatic heterocycles.